The normalized spacial score (nSPS) is 20.0. The molecule has 1 saturated heterocycles. The first-order valence-corrected chi connectivity index (χ1v) is 8.21. The van der Waals surface area contributed by atoms with Crippen LogP contribution in [0, 0.1) is 0 Å². The molecule has 1 aromatic heterocycles. The zero-order valence-electron chi connectivity index (χ0n) is 13.8. The number of H-pyrrole nitrogens is 1. The van der Waals surface area contributed by atoms with Gasteiger partial charge in [0.05, 0.1) is 17.9 Å². The maximum atomic E-state index is 12.0. The second-order valence-corrected chi connectivity index (χ2v) is 6.53. The van der Waals surface area contributed by atoms with Crippen molar-refractivity contribution in [3.63, 3.8) is 0 Å². The van der Waals surface area contributed by atoms with E-state index >= 15 is 0 Å². The van der Waals surface area contributed by atoms with Gasteiger partial charge in [0.25, 0.3) is 0 Å². The molecule has 6 nitrogen and oxygen atoms in total. The Morgan fingerprint density at radius 3 is 2.83 bits per heavy atom. The van der Waals surface area contributed by atoms with Gasteiger partial charge in [0.2, 0.25) is 11.8 Å². The highest BCUT2D eigenvalue weighted by Crippen LogP contribution is 2.24. The van der Waals surface area contributed by atoms with Crippen molar-refractivity contribution in [1.82, 2.24) is 20.8 Å². The lowest BCUT2D eigenvalue weighted by molar-refractivity contribution is -0.122. The van der Waals surface area contributed by atoms with Crippen molar-refractivity contribution in [2.75, 3.05) is 0 Å². The van der Waals surface area contributed by atoms with E-state index in [0.29, 0.717) is 25.8 Å². The van der Waals surface area contributed by atoms with Crippen LogP contribution >= 0.6 is 0 Å². The minimum atomic E-state index is -0.247. The second kappa shape index (κ2) is 6.86. The third kappa shape index (κ3) is 4.01. The van der Waals surface area contributed by atoms with E-state index in [4.69, 9.17) is 0 Å². The second-order valence-electron chi connectivity index (χ2n) is 6.53. The number of nitrogens with one attached hydrogen (secondary N) is 3. The third-order valence-corrected chi connectivity index (χ3v) is 4.43. The largest absolute Gasteiger partial charge is 0.351 e. The summed E-state index contributed by atoms with van der Waals surface area (Å²) in [6.07, 6.45) is 2.40. The Labute approximate surface area is 141 Å². The molecule has 0 aliphatic carbocycles. The zero-order chi connectivity index (χ0) is 17.0. The van der Waals surface area contributed by atoms with Gasteiger partial charge < -0.3 is 10.6 Å². The number of rotatable bonds is 6. The summed E-state index contributed by atoms with van der Waals surface area (Å²) < 4.78 is 0. The van der Waals surface area contributed by atoms with Crippen molar-refractivity contribution in [2.45, 2.75) is 44.7 Å². The summed E-state index contributed by atoms with van der Waals surface area (Å²) in [5, 5.41) is 13.1. The Bertz CT molecular complexity index is 726. The van der Waals surface area contributed by atoms with Crippen molar-refractivity contribution >= 4 is 11.8 Å². The van der Waals surface area contributed by atoms with Crippen molar-refractivity contribution in [1.29, 1.82) is 0 Å². The molecule has 3 N–H and O–H groups in total. The lowest BCUT2D eigenvalue weighted by atomic mass is 9.94. The van der Waals surface area contributed by atoms with Gasteiger partial charge in [0, 0.05) is 23.9 Å². The maximum Gasteiger partial charge on any atom is 0.220 e. The molecule has 6 heteroatoms. The van der Waals surface area contributed by atoms with E-state index in [0.717, 1.165) is 23.4 Å². The number of carbonyl (C=O) groups excluding carboxylic acids is 2. The molecule has 126 valence electrons. The van der Waals surface area contributed by atoms with Crippen LogP contribution in [0.1, 0.15) is 38.3 Å². The smallest absolute Gasteiger partial charge is 0.220 e. The van der Waals surface area contributed by atoms with Crippen LogP contribution in [0.3, 0.4) is 0 Å². The van der Waals surface area contributed by atoms with Crippen molar-refractivity contribution in [3.05, 3.63) is 42.1 Å². The predicted octanol–water partition coefficient (Wildman–Crippen LogP) is 2.14. The molecule has 1 aromatic carbocycles. The Balaban J connectivity index is 1.47. The summed E-state index contributed by atoms with van der Waals surface area (Å²) in [5.74, 6) is 0.0528. The van der Waals surface area contributed by atoms with Gasteiger partial charge in [-0.25, -0.2) is 0 Å². The predicted molar refractivity (Wildman–Crippen MR) is 90.9 cm³/mol. The van der Waals surface area contributed by atoms with Crippen LogP contribution in [0.15, 0.2) is 36.4 Å². The van der Waals surface area contributed by atoms with Gasteiger partial charge in [-0.1, -0.05) is 30.3 Å². The first kappa shape index (κ1) is 16.2. The molecule has 0 radical (unpaired) electrons. The molecule has 1 aliphatic heterocycles. The van der Waals surface area contributed by atoms with Crippen molar-refractivity contribution in [3.8, 4) is 11.3 Å². The van der Waals surface area contributed by atoms with Gasteiger partial charge >= 0.3 is 0 Å². The minimum Gasteiger partial charge on any atom is -0.351 e. The van der Waals surface area contributed by atoms with Gasteiger partial charge in [-0.3, -0.25) is 14.7 Å². The number of hydrogen-bond donors (Lipinski definition) is 3. The van der Waals surface area contributed by atoms with E-state index in [-0.39, 0.29) is 17.4 Å². The number of hydrogen-bond acceptors (Lipinski definition) is 3. The topological polar surface area (TPSA) is 86.9 Å². The summed E-state index contributed by atoms with van der Waals surface area (Å²) in [6, 6.07) is 11.8. The highest BCUT2D eigenvalue weighted by molar-refractivity contribution is 5.80. The first-order chi connectivity index (χ1) is 11.5. The Kier molecular flexibility index (Phi) is 4.64. The molecule has 2 heterocycles. The van der Waals surface area contributed by atoms with Crippen LogP contribution in [0.2, 0.25) is 0 Å². The van der Waals surface area contributed by atoms with E-state index < -0.39 is 0 Å². The summed E-state index contributed by atoms with van der Waals surface area (Å²) >= 11 is 0. The van der Waals surface area contributed by atoms with Gasteiger partial charge in [-0.05, 0) is 25.8 Å². The molecule has 2 amide bonds. The quantitative estimate of drug-likeness (QED) is 0.760. The summed E-state index contributed by atoms with van der Waals surface area (Å²) in [5.41, 5.74) is 2.52. The lowest BCUT2D eigenvalue weighted by Crippen LogP contribution is -2.39. The number of aromatic amines is 1. The molecule has 0 bridgehead atoms. The van der Waals surface area contributed by atoms with Crippen LogP contribution in [0.4, 0.5) is 0 Å². The van der Waals surface area contributed by atoms with Gasteiger partial charge in [-0.15, -0.1) is 0 Å². The molecular formula is C18H22N4O2. The summed E-state index contributed by atoms with van der Waals surface area (Å²) in [6.45, 7) is 2.41. The van der Waals surface area contributed by atoms with Crippen molar-refractivity contribution < 1.29 is 9.59 Å². The fourth-order valence-electron chi connectivity index (χ4n) is 2.92. The van der Waals surface area contributed by atoms with E-state index in [1.807, 2.05) is 43.3 Å². The van der Waals surface area contributed by atoms with E-state index in [2.05, 4.69) is 20.8 Å². The van der Waals surface area contributed by atoms with Crippen LogP contribution in [0.5, 0.6) is 0 Å². The monoisotopic (exact) mass is 326 g/mol. The molecule has 2 aromatic rings. The Morgan fingerprint density at radius 2 is 2.12 bits per heavy atom. The molecule has 0 unspecified atom stereocenters. The minimum absolute atomic E-state index is 0.0202. The van der Waals surface area contributed by atoms with Gasteiger partial charge in [0.15, 0.2) is 0 Å². The number of benzene rings is 1. The maximum absolute atomic E-state index is 12.0. The molecule has 1 aliphatic rings. The summed E-state index contributed by atoms with van der Waals surface area (Å²) in [4.78, 5) is 23.3. The highest BCUT2D eigenvalue weighted by Gasteiger charge is 2.32. The van der Waals surface area contributed by atoms with Crippen LogP contribution < -0.4 is 10.6 Å². The highest BCUT2D eigenvalue weighted by atomic mass is 16.2. The first-order valence-electron chi connectivity index (χ1n) is 8.21. The summed E-state index contributed by atoms with van der Waals surface area (Å²) in [7, 11) is 0. The van der Waals surface area contributed by atoms with Gasteiger partial charge in [-0.2, -0.15) is 5.10 Å². The SMILES string of the molecule is C[C@]1(CCC(=O)NCc2cc(-c3ccccc3)n[nH]2)CCC(=O)N1. The third-order valence-electron chi connectivity index (χ3n) is 4.43. The molecule has 1 fully saturated rings. The van der Waals surface area contributed by atoms with Gasteiger partial charge in [0.1, 0.15) is 0 Å². The molecular weight excluding hydrogens is 304 g/mol. The Morgan fingerprint density at radius 1 is 1.33 bits per heavy atom. The fraction of sp³-hybridized carbons (Fsp3) is 0.389. The number of aromatic nitrogens is 2. The van der Waals surface area contributed by atoms with E-state index in [1.165, 1.54) is 0 Å². The van der Waals surface area contributed by atoms with Crippen LogP contribution in [-0.4, -0.2) is 27.6 Å². The molecule has 24 heavy (non-hydrogen) atoms. The van der Waals surface area contributed by atoms with E-state index in [9.17, 15) is 9.59 Å². The lowest BCUT2D eigenvalue weighted by Gasteiger charge is -2.23. The molecule has 1 atom stereocenters. The van der Waals surface area contributed by atoms with Crippen LogP contribution in [-0.2, 0) is 16.1 Å². The average Bonchev–Trinajstić information content (AvgIpc) is 3.19. The van der Waals surface area contributed by atoms with Crippen molar-refractivity contribution in [2.24, 2.45) is 0 Å². The number of amides is 2. The molecule has 0 spiro atoms. The van der Waals surface area contributed by atoms with E-state index in [1.54, 1.807) is 0 Å². The molecule has 0 saturated carbocycles. The fourth-order valence-corrected chi connectivity index (χ4v) is 2.92. The van der Waals surface area contributed by atoms with Crippen LogP contribution in [0.25, 0.3) is 11.3 Å². The standard InChI is InChI=1S/C18H22N4O2/c1-18(10-8-17(24)20-18)9-7-16(23)19-12-14-11-15(22-21-14)13-5-3-2-4-6-13/h2-6,11H,7-10,12H2,1H3,(H,19,23)(H,20,24)(H,21,22)/t18-/m0/s1. The zero-order valence-corrected chi connectivity index (χ0v) is 13.8. The Hall–Kier alpha value is -2.63. The molecule has 3 rings (SSSR count). The average molecular weight is 326 g/mol. The number of carbonyl (C=O) groups is 2. The number of nitrogens with zero attached hydrogens (tertiary/aromatic N) is 1.